The van der Waals surface area contributed by atoms with Crippen molar-refractivity contribution in [1.29, 1.82) is 0 Å². The Balaban J connectivity index is 0.00000144. The van der Waals surface area contributed by atoms with Crippen LogP contribution in [0.15, 0.2) is 5.11 Å². The Morgan fingerprint density at radius 1 is 1.46 bits per heavy atom. The molecule has 1 fully saturated rings. The lowest BCUT2D eigenvalue weighted by Crippen LogP contribution is -2.31. The average Bonchev–Trinajstić information content (AvgIpc) is 2.15. The number of azide groups is 1. The molecule has 1 aliphatic heterocycles. The van der Waals surface area contributed by atoms with Crippen molar-refractivity contribution in [3.05, 3.63) is 10.4 Å². The van der Waals surface area contributed by atoms with E-state index in [9.17, 15) is 8.78 Å². The Bertz CT molecular complexity index is 205. The minimum absolute atomic E-state index is 0. The normalized spacial score (nSPS) is 26.5. The Hall–Kier alpha value is -0.580. The van der Waals surface area contributed by atoms with Crippen LogP contribution < -0.4 is 5.32 Å². The number of hydrogen-bond donors (Lipinski definition) is 1. The monoisotopic (exact) mass is 212 g/mol. The number of nitrogens with zero attached hydrogens (tertiary/aromatic N) is 3. The van der Waals surface area contributed by atoms with Crippen LogP contribution >= 0.6 is 12.4 Å². The second kappa shape index (κ2) is 5.21. The molecule has 0 bridgehead atoms. The van der Waals surface area contributed by atoms with Crippen LogP contribution in [0.3, 0.4) is 0 Å². The summed E-state index contributed by atoms with van der Waals surface area (Å²) in [5.74, 6) is -2.85. The molecule has 4 nitrogen and oxygen atoms in total. The molecule has 1 heterocycles. The zero-order valence-electron chi connectivity index (χ0n) is 6.91. The van der Waals surface area contributed by atoms with Crippen molar-refractivity contribution in [3.63, 3.8) is 0 Å². The molecule has 7 heteroatoms. The summed E-state index contributed by atoms with van der Waals surface area (Å²) in [6.45, 7) is 0.768. The van der Waals surface area contributed by atoms with Crippen LogP contribution in [0.4, 0.5) is 8.78 Å². The first kappa shape index (κ1) is 12.4. The number of halogens is 3. The molecule has 1 rings (SSSR count). The second-order valence-electron chi connectivity index (χ2n) is 2.77. The van der Waals surface area contributed by atoms with E-state index in [-0.39, 0.29) is 31.8 Å². The standard InChI is InChI=1S/C6H10F2N4.ClH/c7-6(8)2-4-10-3-1-5(6)11-12-9;/h5,10H,1-4H2;1H. The highest BCUT2D eigenvalue weighted by Crippen LogP contribution is 2.28. The van der Waals surface area contributed by atoms with Crippen molar-refractivity contribution in [2.24, 2.45) is 5.11 Å². The number of alkyl halides is 2. The fourth-order valence-corrected chi connectivity index (χ4v) is 1.20. The molecule has 0 aromatic rings. The highest BCUT2D eigenvalue weighted by Gasteiger charge is 2.39. The van der Waals surface area contributed by atoms with Gasteiger partial charge in [-0.05, 0) is 18.5 Å². The molecule has 0 aromatic heterocycles. The van der Waals surface area contributed by atoms with E-state index in [1.54, 1.807) is 0 Å². The van der Waals surface area contributed by atoms with E-state index in [0.717, 1.165) is 0 Å². The molecule has 0 spiro atoms. The molecule has 1 atom stereocenters. The fraction of sp³-hybridized carbons (Fsp3) is 1.00. The summed E-state index contributed by atoms with van der Waals surface area (Å²) in [5, 5.41) is 5.91. The first-order valence-electron chi connectivity index (χ1n) is 3.79. The van der Waals surface area contributed by atoms with Gasteiger partial charge >= 0.3 is 0 Å². The van der Waals surface area contributed by atoms with Crippen molar-refractivity contribution in [3.8, 4) is 0 Å². The summed E-state index contributed by atoms with van der Waals surface area (Å²) in [5.41, 5.74) is 8.05. The molecular formula is C6H11ClF2N4. The molecule has 0 aromatic carbocycles. The van der Waals surface area contributed by atoms with Crippen LogP contribution in [0, 0.1) is 0 Å². The van der Waals surface area contributed by atoms with Crippen LogP contribution in [0.2, 0.25) is 0 Å². The first-order chi connectivity index (χ1) is 5.67. The third kappa shape index (κ3) is 3.34. The first-order valence-corrected chi connectivity index (χ1v) is 3.79. The zero-order chi connectivity index (χ0) is 9.03. The molecule has 0 saturated carbocycles. The predicted octanol–water partition coefficient (Wildman–Crippen LogP) is 2.11. The van der Waals surface area contributed by atoms with Crippen molar-refractivity contribution < 1.29 is 8.78 Å². The molecular weight excluding hydrogens is 202 g/mol. The number of hydrogen-bond acceptors (Lipinski definition) is 2. The quantitative estimate of drug-likeness (QED) is 0.404. The maximum absolute atomic E-state index is 13.0. The lowest BCUT2D eigenvalue weighted by molar-refractivity contribution is -0.0275. The second-order valence-corrected chi connectivity index (χ2v) is 2.77. The molecule has 1 saturated heterocycles. The predicted molar refractivity (Wildman–Crippen MR) is 47.2 cm³/mol. The van der Waals surface area contributed by atoms with Crippen LogP contribution in [0.25, 0.3) is 10.4 Å². The van der Waals surface area contributed by atoms with Gasteiger partial charge in [0.1, 0.15) is 6.04 Å². The molecule has 0 radical (unpaired) electrons. The third-order valence-electron chi connectivity index (χ3n) is 1.91. The van der Waals surface area contributed by atoms with Gasteiger partial charge in [-0.15, -0.1) is 12.4 Å². The SMILES string of the molecule is Cl.[N-]=[N+]=NC1CCNCCC1(F)F. The van der Waals surface area contributed by atoms with Crippen LogP contribution in [-0.2, 0) is 0 Å². The molecule has 1 N–H and O–H groups in total. The van der Waals surface area contributed by atoms with Crippen molar-refractivity contribution in [1.82, 2.24) is 5.32 Å². The highest BCUT2D eigenvalue weighted by atomic mass is 35.5. The summed E-state index contributed by atoms with van der Waals surface area (Å²) in [6, 6.07) is -1.18. The van der Waals surface area contributed by atoms with Crippen LogP contribution in [0.1, 0.15) is 12.8 Å². The van der Waals surface area contributed by atoms with E-state index in [0.29, 0.717) is 6.54 Å². The van der Waals surface area contributed by atoms with Gasteiger partial charge in [-0.3, -0.25) is 0 Å². The van der Waals surface area contributed by atoms with Crippen LogP contribution in [0.5, 0.6) is 0 Å². The van der Waals surface area contributed by atoms with E-state index in [2.05, 4.69) is 15.3 Å². The number of rotatable bonds is 1. The van der Waals surface area contributed by atoms with Crippen molar-refractivity contribution >= 4 is 12.4 Å². The Kier molecular flexibility index (Phi) is 4.98. The largest absolute Gasteiger partial charge is 0.316 e. The van der Waals surface area contributed by atoms with Crippen LogP contribution in [-0.4, -0.2) is 25.1 Å². The van der Waals surface area contributed by atoms with Crippen molar-refractivity contribution in [2.45, 2.75) is 24.8 Å². The lowest BCUT2D eigenvalue weighted by Gasteiger charge is -2.19. The maximum Gasteiger partial charge on any atom is 0.257 e. The van der Waals surface area contributed by atoms with Gasteiger partial charge in [-0.2, -0.15) is 0 Å². The van der Waals surface area contributed by atoms with Gasteiger partial charge < -0.3 is 5.32 Å². The van der Waals surface area contributed by atoms with Gasteiger partial charge in [0, 0.05) is 17.9 Å². The van der Waals surface area contributed by atoms with E-state index >= 15 is 0 Å². The summed E-state index contributed by atoms with van der Waals surface area (Å²) < 4.78 is 26.0. The Morgan fingerprint density at radius 2 is 2.15 bits per heavy atom. The van der Waals surface area contributed by atoms with E-state index in [1.165, 1.54) is 0 Å². The summed E-state index contributed by atoms with van der Waals surface area (Å²) in [4.78, 5) is 2.41. The minimum atomic E-state index is -2.85. The average molecular weight is 213 g/mol. The number of nitrogens with one attached hydrogen (secondary N) is 1. The van der Waals surface area contributed by atoms with Gasteiger partial charge in [0.2, 0.25) is 0 Å². The minimum Gasteiger partial charge on any atom is -0.316 e. The molecule has 1 aliphatic rings. The fourth-order valence-electron chi connectivity index (χ4n) is 1.20. The van der Waals surface area contributed by atoms with E-state index < -0.39 is 12.0 Å². The Morgan fingerprint density at radius 3 is 2.77 bits per heavy atom. The zero-order valence-corrected chi connectivity index (χ0v) is 7.73. The maximum atomic E-state index is 13.0. The van der Waals surface area contributed by atoms with E-state index in [4.69, 9.17) is 5.53 Å². The summed E-state index contributed by atoms with van der Waals surface area (Å²) in [6.07, 6.45) is -0.0479. The Labute approximate surface area is 80.7 Å². The third-order valence-corrected chi connectivity index (χ3v) is 1.91. The molecule has 76 valence electrons. The molecule has 0 amide bonds. The summed E-state index contributed by atoms with van der Waals surface area (Å²) >= 11 is 0. The smallest absolute Gasteiger partial charge is 0.257 e. The topological polar surface area (TPSA) is 60.8 Å². The highest BCUT2D eigenvalue weighted by molar-refractivity contribution is 5.85. The van der Waals surface area contributed by atoms with Gasteiger partial charge in [0.05, 0.1) is 0 Å². The molecule has 0 aliphatic carbocycles. The lowest BCUT2D eigenvalue weighted by atomic mass is 10.1. The molecule has 1 unspecified atom stereocenters. The van der Waals surface area contributed by atoms with E-state index in [1.807, 2.05) is 0 Å². The van der Waals surface area contributed by atoms with Gasteiger partial charge in [-0.25, -0.2) is 8.78 Å². The summed E-state index contributed by atoms with van der Waals surface area (Å²) in [7, 11) is 0. The molecule has 13 heavy (non-hydrogen) atoms. The van der Waals surface area contributed by atoms with Gasteiger partial charge in [0.25, 0.3) is 5.92 Å². The van der Waals surface area contributed by atoms with Gasteiger partial charge in [-0.1, -0.05) is 5.11 Å². The van der Waals surface area contributed by atoms with Gasteiger partial charge in [0.15, 0.2) is 0 Å². The van der Waals surface area contributed by atoms with Crippen molar-refractivity contribution in [2.75, 3.05) is 13.1 Å².